The summed E-state index contributed by atoms with van der Waals surface area (Å²) in [5, 5.41) is 11.1. The zero-order valence-corrected chi connectivity index (χ0v) is 18.3. The molecule has 2 N–H and O–H groups in total. The molecule has 0 aromatic carbocycles. The van der Waals surface area contributed by atoms with Crippen molar-refractivity contribution in [3.63, 3.8) is 0 Å². The van der Waals surface area contributed by atoms with Gasteiger partial charge in [0.15, 0.2) is 8.32 Å². The summed E-state index contributed by atoms with van der Waals surface area (Å²) in [7, 11) is -2.32. The molecule has 28 heavy (non-hydrogen) atoms. The van der Waals surface area contributed by atoms with Gasteiger partial charge in [0.05, 0.1) is 0 Å². The number of aliphatic hydroxyl groups is 1. The van der Waals surface area contributed by atoms with Crippen LogP contribution in [0.2, 0.25) is 18.1 Å². The molecule has 0 spiro atoms. The van der Waals surface area contributed by atoms with Crippen LogP contribution in [-0.2, 0) is 9.16 Å². The first kappa shape index (κ1) is 20.0. The first-order valence-corrected chi connectivity index (χ1v) is 12.6. The number of halogens is 1. The zero-order chi connectivity index (χ0) is 20.9. The molecule has 2 aliphatic carbocycles. The van der Waals surface area contributed by atoms with Gasteiger partial charge in [0.1, 0.15) is 29.2 Å². The highest BCUT2D eigenvalue weighted by Crippen LogP contribution is 2.72. The number of aryl methyl sites for hydroxylation is 1. The van der Waals surface area contributed by atoms with E-state index in [0.29, 0.717) is 5.56 Å². The van der Waals surface area contributed by atoms with E-state index in [4.69, 9.17) is 9.16 Å². The van der Waals surface area contributed by atoms with Crippen LogP contribution < -0.4 is 11.2 Å². The molecule has 1 aliphatic heterocycles. The first-order valence-electron chi connectivity index (χ1n) is 9.73. The largest absolute Gasteiger partial charge is 0.405 e. The third kappa shape index (κ3) is 2.56. The molecular formula is C19H29FN2O5Si. The Morgan fingerprint density at radius 1 is 1.36 bits per heavy atom. The maximum Gasteiger partial charge on any atom is 0.330 e. The molecule has 1 saturated heterocycles. The van der Waals surface area contributed by atoms with Gasteiger partial charge in [0.25, 0.3) is 5.56 Å². The molecule has 3 aliphatic rings. The van der Waals surface area contributed by atoms with Crippen molar-refractivity contribution in [2.45, 2.75) is 94.3 Å². The van der Waals surface area contributed by atoms with Crippen LogP contribution in [0.4, 0.5) is 4.39 Å². The van der Waals surface area contributed by atoms with Crippen LogP contribution in [0.3, 0.4) is 0 Å². The Bertz CT molecular complexity index is 953. The van der Waals surface area contributed by atoms with Gasteiger partial charge in [-0.05, 0) is 25.1 Å². The molecule has 0 unspecified atom stereocenters. The van der Waals surface area contributed by atoms with Crippen LogP contribution >= 0.6 is 0 Å². The smallest absolute Gasteiger partial charge is 0.330 e. The van der Waals surface area contributed by atoms with Gasteiger partial charge in [-0.1, -0.05) is 20.8 Å². The number of alkyl halides is 1. The van der Waals surface area contributed by atoms with Crippen molar-refractivity contribution in [3.8, 4) is 0 Å². The van der Waals surface area contributed by atoms with Crippen molar-refractivity contribution in [1.82, 2.24) is 9.55 Å². The fourth-order valence-corrected chi connectivity index (χ4v) is 6.18. The van der Waals surface area contributed by atoms with Crippen LogP contribution in [0, 0.1) is 6.92 Å². The normalized spacial score (nSPS) is 39.7. The molecule has 3 fully saturated rings. The molecule has 0 amide bonds. The lowest BCUT2D eigenvalue weighted by Gasteiger charge is -2.41. The van der Waals surface area contributed by atoms with E-state index in [-0.39, 0.29) is 24.3 Å². The zero-order valence-electron chi connectivity index (χ0n) is 17.3. The molecule has 4 rings (SSSR count). The van der Waals surface area contributed by atoms with Crippen molar-refractivity contribution >= 4 is 8.32 Å². The van der Waals surface area contributed by atoms with Gasteiger partial charge >= 0.3 is 5.69 Å². The fourth-order valence-electron chi connectivity index (χ4n) is 4.60. The molecule has 2 heterocycles. The maximum absolute atomic E-state index is 15.5. The van der Waals surface area contributed by atoms with Gasteiger partial charge in [-0.3, -0.25) is 14.3 Å². The van der Waals surface area contributed by atoms with E-state index in [1.807, 2.05) is 0 Å². The van der Waals surface area contributed by atoms with Gasteiger partial charge < -0.3 is 14.3 Å². The van der Waals surface area contributed by atoms with Gasteiger partial charge in [0.2, 0.25) is 0 Å². The van der Waals surface area contributed by atoms with E-state index >= 15 is 4.39 Å². The molecule has 9 heteroatoms. The number of nitrogens with zero attached hydrogens (tertiary/aromatic N) is 1. The second-order valence-corrected chi connectivity index (χ2v) is 15.1. The van der Waals surface area contributed by atoms with E-state index in [9.17, 15) is 14.7 Å². The molecule has 0 bridgehead atoms. The van der Waals surface area contributed by atoms with Crippen molar-refractivity contribution in [2.24, 2.45) is 0 Å². The average Bonchev–Trinajstić information content (AvgIpc) is 2.83. The summed E-state index contributed by atoms with van der Waals surface area (Å²) in [5.41, 5.74) is -4.86. The fraction of sp³-hybridized carbons (Fsp3) is 0.789. The number of fused-ring (bicyclic) bond motifs is 3. The number of ether oxygens (including phenoxy) is 1. The second-order valence-electron chi connectivity index (χ2n) is 10.3. The Kier molecular flexibility index (Phi) is 3.89. The molecule has 0 radical (unpaired) electrons. The molecular weight excluding hydrogens is 383 g/mol. The van der Waals surface area contributed by atoms with E-state index < -0.39 is 48.8 Å². The van der Waals surface area contributed by atoms with E-state index in [2.05, 4.69) is 38.8 Å². The predicted octanol–water partition coefficient (Wildman–Crippen LogP) is 2.14. The number of rotatable bonds is 3. The van der Waals surface area contributed by atoms with Crippen molar-refractivity contribution in [2.75, 3.05) is 0 Å². The number of H-pyrrole nitrogens is 1. The van der Waals surface area contributed by atoms with Crippen LogP contribution in [-0.4, -0.2) is 45.9 Å². The summed E-state index contributed by atoms with van der Waals surface area (Å²) in [6.07, 6.45) is 0.0229. The van der Waals surface area contributed by atoms with Gasteiger partial charge in [-0.15, -0.1) is 0 Å². The van der Waals surface area contributed by atoms with Crippen molar-refractivity contribution in [3.05, 3.63) is 32.6 Å². The topological polar surface area (TPSA) is 93.6 Å². The van der Waals surface area contributed by atoms with E-state index in [1.165, 1.54) is 10.8 Å². The molecule has 2 saturated carbocycles. The van der Waals surface area contributed by atoms with E-state index in [0.717, 1.165) is 0 Å². The molecule has 156 valence electrons. The number of aromatic amines is 1. The molecule has 5 atom stereocenters. The first-order chi connectivity index (χ1) is 12.6. The summed E-state index contributed by atoms with van der Waals surface area (Å²) in [6.45, 7) is 12.0. The highest BCUT2D eigenvalue weighted by Gasteiger charge is 2.87. The Labute approximate surface area is 164 Å². The highest BCUT2D eigenvalue weighted by atomic mass is 28.4. The lowest BCUT2D eigenvalue weighted by atomic mass is 9.92. The van der Waals surface area contributed by atoms with Gasteiger partial charge in [-0.25, -0.2) is 9.18 Å². The Balaban J connectivity index is 1.68. The summed E-state index contributed by atoms with van der Waals surface area (Å²) in [4.78, 5) is 26.1. The Morgan fingerprint density at radius 3 is 2.61 bits per heavy atom. The highest BCUT2D eigenvalue weighted by molar-refractivity contribution is 6.74. The number of aromatic nitrogens is 2. The monoisotopic (exact) mass is 412 g/mol. The third-order valence-corrected chi connectivity index (χ3v) is 11.7. The standard InChI is InChI=1S/C19H29FN2O5Si/c1-11-8-22(15(24)21-13(11)23)12-7-17(25)9-18(20)10-19(18,14(17)26-12)27-28(5,6)16(2,3)4/h8,12,14,25H,7,9-10H2,1-6H3,(H,21,23,24)/t12-,14+,17-,18+,19+/m1/s1. The van der Waals surface area contributed by atoms with Crippen molar-refractivity contribution < 1.29 is 18.7 Å². The van der Waals surface area contributed by atoms with Crippen LogP contribution in [0.5, 0.6) is 0 Å². The lowest BCUT2D eigenvalue weighted by molar-refractivity contribution is -0.105. The van der Waals surface area contributed by atoms with Crippen LogP contribution in [0.25, 0.3) is 0 Å². The predicted molar refractivity (Wildman–Crippen MR) is 104 cm³/mol. The summed E-state index contributed by atoms with van der Waals surface area (Å²) >= 11 is 0. The van der Waals surface area contributed by atoms with Gasteiger partial charge in [0, 0.05) is 31.0 Å². The van der Waals surface area contributed by atoms with Crippen molar-refractivity contribution in [1.29, 1.82) is 0 Å². The molecule has 1 aromatic heterocycles. The average molecular weight is 413 g/mol. The number of nitrogens with one attached hydrogen (secondary N) is 1. The van der Waals surface area contributed by atoms with E-state index in [1.54, 1.807) is 6.92 Å². The minimum absolute atomic E-state index is 0.0626. The molecule has 7 nitrogen and oxygen atoms in total. The SMILES string of the molecule is Cc1cn([C@H]2C[C@@]3(O)C[C@]4(F)C[C@]4(O[Si](C)(C)C(C)(C)C)[C@H]3O2)c(=O)[nH]c1=O. The minimum atomic E-state index is -2.32. The summed E-state index contributed by atoms with van der Waals surface area (Å²) < 4.78 is 29.3. The Hall–Kier alpha value is -1.29. The number of hydrogen-bond donors (Lipinski definition) is 2. The lowest BCUT2D eigenvalue weighted by Crippen LogP contribution is -2.52. The number of hydrogen-bond acceptors (Lipinski definition) is 5. The van der Waals surface area contributed by atoms with Crippen LogP contribution in [0.15, 0.2) is 15.8 Å². The summed E-state index contributed by atoms with van der Waals surface area (Å²) in [5.74, 6) is 0. The Morgan fingerprint density at radius 2 is 2.00 bits per heavy atom. The van der Waals surface area contributed by atoms with Crippen LogP contribution in [0.1, 0.15) is 51.8 Å². The second kappa shape index (κ2) is 5.44. The minimum Gasteiger partial charge on any atom is -0.405 e. The molecule has 1 aromatic rings. The third-order valence-electron chi connectivity index (χ3n) is 7.19. The quantitative estimate of drug-likeness (QED) is 0.742. The summed E-state index contributed by atoms with van der Waals surface area (Å²) in [6, 6.07) is 0. The van der Waals surface area contributed by atoms with Gasteiger partial charge in [-0.2, -0.15) is 0 Å². The maximum atomic E-state index is 15.5.